The van der Waals surface area contributed by atoms with Gasteiger partial charge in [-0.2, -0.15) is 0 Å². The molecule has 1 aromatic rings. The van der Waals surface area contributed by atoms with Gasteiger partial charge in [-0.1, -0.05) is 32.0 Å². The van der Waals surface area contributed by atoms with Crippen molar-refractivity contribution in [1.82, 2.24) is 15.1 Å². The van der Waals surface area contributed by atoms with Crippen molar-refractivity contribution in [3.05, 3.63) is 30.3 Å². The van der Waals surface area contributed by atoms with Crippen molar-refractivity contribution in [2.24, 2.45) is 10.9 Å². The maximum Gasteiger partial charge on any atom is 0.193 e. The first-order chi connectivity index (χ1) is 11.8. The lowest BCUT2D eigenvalue weighted by molar-refractivity contribution is 0.306. The van der Waals surface area contributed by atoms with E-state index in [0.29, 0.717) is 0 Å². The summed E-state index contributed by atoms with van der Waals surface area (Å²) in [5.41, 5.74) is 0. The second-order valence-corrected chi connectivity index (χ2v) is 7.32. The van der Waals surface area contributed by atoms with Crippen molar-refractivity contribution in [1.29, 1.82) is 0 Å². The van der Waals surface area contributed by atoms with Crippen LogP contribution in [-0.2, 0) is 0 Å². The van der Waals surface area contributed by atoms with Crippen molar-refractivity contribution >= 4 is 17.7 Å². The third-order valence-electron chi connectivity index (χ3n) is 4.63. The summed E-state index contributed by atoms with van der Waals surface area (Å²) in [5, 5.41) is 3.53. The van der Waals surface area contributed by atoms with Gasteiger partial charge in [0.05, 0.1) is 0 Å². The highest BCUT2D eigenvalue weighted by molar-refractivity contribution is 7.99. The fourth-order valence-electron chi connectivity index (χ4n) is 3.09. The topological polar surface area (TPSA) is 30.9 Å². The van der Waals surface area contributed by atoms with Crippen molar-refractivity contribution < 1.29 is 0 Å². The summed E-state index contributed by atoms with van der Waals surface area (Å²) in [5.74, 6) is 3.00. The summed E-state index contributed by atoms with van der Waals surface area (Å²) in [6.07, 6.45) is 1.26. The van der Waals surface area contributed by atoms with E-state index in [9.17, 15) is 0 Å². The number of rotatable bonds is 8. The van der Waals surface area contributed by atoms with Gasteiger partial charge >= 0.3 is 0 Å². The van der Waals surface area contributed by atoms with Crippen molar-refractivity contribution in [2.45, 2.75) is 25.2 Å². The molecule has 1 N–H and O–H groups in total. The van der Waals surface area contributed by atoms with Crippen molar-refractivity contribution in [3.8, 4) is 0 Å². The molecule has 0 radical (unpaired) electrons. The average Bonchev–Trinajstić information content (AvgIpc) is 3.10. The van der Waals surface area contributed by atoms with E-state index < -0.39 is 0 Å². The number of hydrogen-bond donors (Lipinski definition) is 1. The number of hydrogen-bond acceptors (Lipinski definition) is 3. The molecule has 0 aromatic heterocycles. The van der Waals surface area contributed by atoms with Gasteiger partial charge < -0.3 is 15.1 Å². The molecule has 0 amide bonds. The summed E-state index contributed by atoms with van der Waals surface area (Å²) in [7, 11) is 1.89. The fourth-order valence-corrected chi connectivity index (χ4v) is 4.14. The largest absolute Gasteiger partial charge is 0.355 e. The van der Waals surface area contributed by atoms with E-state index in [1.807, 2.05) is 18.8 Å². The molecule has 5 heteroatoms. The van der Waals surface area contributed by atoms with E-state index in [1.54, 1.807) is 0 Å². The Hall–Kier alpha value is -1.20. The molecule has 1 unspecified atom stereocenters. The quantitative estimate of drug-likeness (QED) is 0.444. The van der Waals surface area contributed by atoms with E-state index in [-0.39, 0.29) is 0 Å². The molecule has 1 aliphatic rings. The van der Waals surface area contributed by atoms with Gasteiger partial charge in [-0.3, -0.25) is 4.99 Å². The third-order valence-corrected chi connectivity index (χ3v) is 5.88. The lowest BCUT2D eigenvalue weighted by atomic mass is 10.2. The van der Waals surface area contributed by atoms with Gasteiger partial charge in [0.2, 0.25) is 0 Å². The molecule has 1 heterocycles. The minimum absolute atomic E-state index is 0.747. The molecular weight excluding hydrogens is 316 g/mol. The van der Waals surface area contributed by atoms with Crippen LogP contribution in [0.15, 0.2) is 40.2 Å². The van der Waals surface area contributed by atoms with Crippen LogP contribution >= 0.6 is 11.8 Å². The maximum atomic E-state index is 4.48. The minimum atomic E-state index is 0.747. The van der Waals surface area contributed by atoms with Gasteiger partial charge in [0.25, 0.3) is 0 Å². The number of benzene rings is 1. The van der Waals surface area contributed by atoms with Gasteiger partial charge in [0.1, 0.15) is 0 Å². The van der Waals surface area contributed by atoms with Crippen LogP contribution < -0.4 is 5.32 Å². The SMILES string of the molecule is CCN(CC)CCNC(=NC)N1CCC(CSc2ccccc2)C1. The van der Waals surface area contributed by atoms with E-state index in [1.165, 1.54) is 17.1 Å². The molecule has 0 bridgehead atoms. The van der Waals surface area contributed by atoms with Crippen LogP contribution in [0.1, 0.15) is 20.3 Å². The molecule has 4 nitrogen and oxygen atoms in total. The number of nitrogens with zero attached hydrogens (tertiary/aromatic N) is 3. The fraction of sp³-hybridized carbons (Fsp3) is 0.632. The second kappa shape index (κ2) is 10.6. The molecule has 24 heavy (non-hydrogen) atoms. The third kappa shape index (κ3) is 6.02. The molecule has 0 aliphatic carbocycles. The molecule has 2 rings (SSSR count). The monoisotopic (exact) mass is 348 g/mol. The first kappa shape index (κ1) is 19.1. The zero-order valence-electron chi connectivity index (χ0n) is 15.4. The van der Waals surface area contributed by atoms with Gasteiger partial charge in [-0.05, 0) is 37.6 Å². The molecule has 1 aromatic carbocycles. The van der Waals surface area contributed by atoms with Crippen LogP contribution in [0.25, 0.3) is 0 Å². The Morgan fingerprint density at radius 2 is 2.04 bits per heavy atom. The molecule has 0 spiro atoms. The lowest BCUT2D eigenvalue weighted by Gasteiger charge is -2.24. The highest BCUT2D eigenvalue weighted by Crippen LogP contribution is 2.25. The number of guanidine groups is 1. The smallest absolute Gasteiger partial charge is 0.193 e. The highest BCUT2D eigenvalue weighted by atomic mass is 32.2. The normalized spacial score (nSPS) is 18.4. The number of thioether (sulfide) groups is 1. The Labute approximate surface area is 151 Å². The summed E-state index contributed by atoms with van der Waals surface area (Å²) in [6.45, 7) is 10.9. The molecule has 1 fully saturated rings. The van der Waals surface area contributed by atoms with Crippen LogP contribution in [0.3, 0.4) is 0 Å². The molecular formula is C19H32N4S. The summed E-state index contributed by atoms with van der Waals surface area (Å²) in [4.78, 5) is 10.7. The summed E-state index contributed by atoms with van der Waals surface area (Å²) >= 11 is 1.97. The van der Waals surface area contributed by atoms with Crippen LogP contribution in [0, 0.1) is 5.92 Å². The van der Waals surface area contributed by atoms with E-state index in [4.69, 9.17) is 0 Å². The molecule has 134 valence electrons. The van der Waals surface area contributed by atoms with E-state index >= 15 is 0 Å². The maximum absolute atomic E-state index is 4.48. The first-order valence-corrected chi connectivity index (χ1v) is 10.1. The first-order valence-electron chi connectivity index (χ1n) is 9.12. The van der Waals surface area contributed by atoms with Crippen LogP contribution in [0.5, 0.6) is 0 Å². The Morgan fingerprint density at radius 3 is 2.71 bits per heavy atom. The van der Waals surface area contributed by atoms with Crippen LogP contribution in [0.2, 0.25) is 0 Å². The molecule has 1 aliphatic heterocycles. The van der Waals surface area contributed by atoms with E-state index in [2.05, 4.69) is 64.3 Å². The standard InChI is InChI=1S/C19H32N4S/c1-4-22(5-2)14-12-21-19(20-3)23-13-11-17(15-23)16-24-18-9-7-6-8-10-18/h6-10,17H,4-5,11-16H2,1-3H3,(H,20,21). The Bertz CT molecular complexity index is 487. The zero-order chi connectivity index (χ0) is 17.2. The van der Waals surface area contributed by atoms with Crippen molar-refractivity contribution in [2.75, 3.05) is 52.1 Å². The molecule has 0 saturated carbocycles. The van der Waals surface area contributed by atoms with Crippen LogP contribution in [-0.4, -0.2) is 67.8 Å². The van der Waals surface area contributed by atoms with Crippen molar-refractivity contribution in [3.63, 3.8) is 0 Å². The highest BCUT2D eigenvalue weighted by Gasteiger charge is 2.24. The average molecular weight is 349 g/mol. The van der Waals surface area contributed by atoms with Gasteiger partial charge in [-0.15, -0.1) is 11.8 Å². The molecule has 1 atom stereocenters. The van der Waals surface area contributed by atoms with Crippen LogP contribution in [0.4, 0.5) is 0 Å². The summed E-state index contributed by atoms with van der Waals surface area (Å²) < 4.78 is 0. The lowest BCUT2D eigenvalue weighted by Crippen LogP contribution is -2.43. The Kier molecular flexibility index (Phi) is 8.47. The van der Waals surface area contributed by atoms with E-state index in [0.717, 1.165) is 51.1 Å². The molecule has 1 saturated heterocycles. The number of nitrogens with one attached hydrogen (secondary N) is 1. The second-order valence-electron chi connectivity index (χ2n) is 6.23. The number of aliphatic imine (C=N–C) groups is 1. The van der Waals surface area contributed by atoms with Gasteiger partial charge in [0, 0.05) is 43.9 Å². The Morgan fingerprint density at radius 1 is 1.29 bits per heavy atom. The predicted octanol–water partition coefficient (Wildman–Crippen LogP) is 3.02. The number of likely N-dealkylation sites (N-methyl/N-ethyl adjacent to an activating group) is 1. The Balaban J connectivity index is 1.72. The number of likely N-dealkylation sites (tertiary alicyclic amines) is 1. The predicted molar refractivity (Wildman–Crippen MR) is 106 cm³/mol. The minimum Gasteiger partial charge on any atom is -0.355 e. The van der Waals surface area contributed by atoms with Gasteiger partial charge in [-0.25, -0.2) is 0 Å². The zero-order valence-corrected chi connectivity index (χ0v) is 16.2. The van der Waals surface area contributed by atoms with Gasteiger partial charge in [0.15, 0.2) is 5.96 Å². The summed E-state index contributed by atoms with van der Waals surface area (Å²) in [6, 6.07) is 10.7.